The van der Waals surface area contributed by atoms with Crippen LogP contribution in [0.4, 0.5) is 4.79 Å². The second-order valence-electron chi connectivity index (χ2n) is 8.69. The maximum Gasteiger partial charge on any atom is 0.409 e. The Bertz CT molecular complexity index is 550. The smallest absolute Gasteiger partial charge is 0.409 e. The molecule has 3 heterocycles. The van der Waals surface area contributed by atoms with Crippen molar-refractivity contribution in [3.05, 3.63) is 0 Å². The maximum absolute atomic E-state index is 11.9. The summed E-state index contributed by atoms with van der Waals surface area (Å²) in [6.07, 6.45) is 5.39. The standard InChI is InChI=1S/C20H36N4O4/c1-2-28-19(26)23-11-7-20(27,8-12-23)15-22-10-6-17-16(13-22)5-3-4-9-24(17)14-18(21)25/h16-17,27H,2-15H2,1H3,(H2,21,25)/t16-,17+/m0/s1. The number of hydrogen-bond donors (Lipinski definition) is 2. The van der Waals surface area contributed by atoms with Crippen LogP contribution in [-0.2, 0) is 9.53 Å². The molecule has 0 saturated carbocycles. The van der Waals surface area contributed by atoms with Gasteiger partial charge in [-0.25, -0.2) is 4.79 Å². The van der Waals surface area contributed by atoms with Crippen LogP contribution in [0.25, 0.3) is 0 Å². The van der Waals surface area contributed by atoms with Gasteiger partial charge in [-0.1, -0.05) is 6.42 Å². The maximum atomic E-state index is 11.9. The van der Waals surface area contributed by atoms with Crippen molar-refractivity contribution in [1.29, 1.82) is 0 Å². The van der Waals surface area contributed by atoms with E-state index in [4.69, 9.17) is 10.5 Å². The number of β-amino-alcohol motifs (C(OH)–C–C–N with tert-alkyl or cyclic N) is 1. The summed E-state index contributed by atoms with van der Waals surface area (Å²) in [7, 11) is 0. The summed E-state index contributed by atoms with van der Waals surface area (Å²) in [5.74, 6) is 0.282. The first-order valence-corrected chi connectivity index (χ1v) is 10.8. The Morgan fingerprint density at radius 1 is 1.14 bits per heavy atom. The highest BCUT2D eigenvalue weighted by molar-refractivity contribution is 5.76. The van der Waals surface area contributed by atoms with Crippen molar-refractivity contribution < 1.29 is 19.4 Å². The average molecular weight is 397 g/mol. The van der Waals surface area contributed by atoms with Crippen molar-refractivity contribution in [3.8, 4) is 0 Å². The Balaban J connectivity index is 1.52. The molecule has 3 N–H and O–H groups in total. The lowest BCUT2D eigenvalue weighted by atomic mass is 9.85. The van der Waals surface area contributed by atoms with E-state index in [0.717, 1.165) is 32.5 Å². The SMILES string of the molecule is CCOC(=O)N1CCC(O)(CN2CC[C@@H]3[C@@H](CCCCN3CC(N)=O)C2)CC1. The Labute approximate surface area is 168 Å². The number of nitrogens with two attached hydrogens (primary N) is 1. The van der Waals surface area contributed by atoms with Gasteiger partial charge in [0.15, 0.2) is 0 Å². The zero-order chi connectivity index (χ0) is 20.1. The summed E-state index contributed by atoms with van der Waals surface area (Å²) in [6.45, 7) is 7.13. The third kappa shape index (κ3) is 5.36. The van der Waals surface area contributed by atoms with Crippen molar-refractivity contribution in [3.63, 3.8) is 0 Å². The number of ether oxygens (including phenoxy) is 1. The van der Waals surface area contributed by atoms with Crippen LogP contribution < -0.4 is 5.73 Å². The van der Waals surface area contributed by atoms with Crippen molar-refractivity contribution in [2.75, 3.05) is 52.4 Å². The molecule has 3 rings (SSSR count). The molecule has 0 aliphatic carbocycles. The number of amides is 2. The van der Waals surface area contributed by atoms with Crippen LogP contribution in [0.3, 0.4) is 0 Å². The molecule has 0 unspecified atom stereocenters. The first-order valence-electron chi connectivity index (χ1n) is 10.8. The zero-order valence-electron chi connectivity index (χ0n) is 17.1. The molecule has 3 aliphatic heterocycles. The van der Waals surface area contributed by atoms with Gasteiger partial charge in [-0.3, -0.25) is 9.69 Å². The number of aliphatic hydroxyl groups is 1. The van der Waals surface area contributed by atoms with Gasteiger partial charge in [0.1, 0.15) is 0 Å². The summed E-state index contributed by atoms with van der Waals surface area (Å²) < 4.78 is 5.07. The fourth-order valence-electron chi connectivity index (χ4n) is 5.18. The van der Waals surface area contributed by atoms with Crippen molar-refractivity contribution >= 4 is 12.0 Å². The predicted molar refractivity (Wildman–Crippen MR) is 106 cm³/mol. The molecule has 0 radical (unpaired) electrons. The molecule has 28 heavy (non-hydrogen) atoms. The highest BCUT2D eigenvalue weighted by Gasteiger charge is 2.40. The number of nitrogens with zero attached hydrogens (tertiary/aromatic N) is 3. The molecular weight excluding hydrogens is 360 g/mol. The van der Waals surface area contributed by atoms with Crippen LogP contribution in [0.5, 0.6) is 0 Å². The lowest BCUT2D eigenvalue weighted by molar-refractivity contribution is -0.120. The second-order valence-corrected chi connectivity index (χ2v) is 8.69. The van der Waals surface area contributed by atoms with E-state index < -0.39 is 5.60 Å². The minimum atomic E-state index is -0.743. The number of hydrogen-bond acceptors (Lipinski definition) is 6. The van der Waals surface area contributed by atoms with E-state index in [1.165, 1.54) is 12.8 Å². The van der Waals surface area contributed by atoms with E-state index in [0.29, 0.717) is 57.6 Å². The molecule has 0 aromatic carbocycles. The van der Waals surface area contributed by atoms with Crippen LogP contribution in [0.2, 0.25) is 0 Å². The molecular formula is C20H36N4O4. The molecule has 3 fully saturated rings. The van der Waals surface area contributed by atoms with Gasteiger partial charge in [-0.05, 0) is 58.0 Å². The van der Waals surface area contributed by atoms with E-state index in [2.05, 4.69) is 9.80 Å². The van der Waals surface area contributed by atoms with E-state index >= 15 is 0 Å². The second kappa shape index (κ2) is 9.41. The predicted octanol–water partition coefficient (Wildman–Crippen LogP) is 0.632. The fraction of sp³-hybridized carbons (Fsp3) is 0.900. The third-order valence-electron chi connectivity index (χ3n) is 6.61. The lowest BCUT2D eigenvalue weighted by Gasteiger charge is -2.46. The normalized spacial score (nSPS) is 29.0. The van der Waals surface area contributed by atoms with Gasteiger partial charge in [0.05, 0.1) is 18.8 Å². The number of fused-ring (bicyclic) bond motifs is 1. The Kier molecular flexibility index (Phi) is 7.17. The van der Waals surface area contributed by atoms with Gasteiger partial charge in [0.2, 0.25) is 5.91 Å². The number of rotatable bonds is 5. The molecule has 0 bridgehead atoms. The summed E-state index contributed by atoms with van der Waals surface area (Å²) in [4.78, 5) is 29.7. The Morgan fingerprint density at radius 2 is 1.89 bits per heavy atom. The number of primary amides is 1. The zero-order valence-corrected chi connectivity index (χ0v) is 17.1. The first kappa shape index (κ1) is 21.3. The molecule has 0 spiro atoms. The van der Waals surface area contributed by atoms with E-state index in [1.54, 1.807) is 11.8 Å². The van der Waals surface area contributed by atoms with Gasteiger partial charge < -0.3 is 25.4 Å². The fourth-order valence-corrected chi connectivity index (χ4v) is 5.18. The number of carbonyl (C=O) groups excluding carboxylic acids is 2. The quantitative estimate of drug-likeness (QED) is 0.707. The Morgan fingerprint density at radius 3 is 2.57 bits per heavy atom. The first-order chi connectivity index (χ1) is 13.4. The molecule has 8 nitrogen and oxygen atoms in total. The summed E-state index contributed by atoms with van der Waals surface area (Å²) >= 11 is 0. The van der Waals surface area contributed by atoms with E-state index in [1.807, 2.05) is 0 Å². The molecule has 8 heteroatoms. The van der Waals surface area contributed by atoms with Crippen LogP contribution in [0, 0.1) is 5.92 Å². The molecule has 0 aromatic heterocycles. The van der Waals surface area contributed by atoms with Crippen molar-refractivity contribution in [1.82, 2.24) is 14.7 Å². The molecule has 3 aliphatic rings. The Hall–Kier alpha value is -1.38. The van der Waals surface area contributed by atoms with Crippen LogP contribution in [0.1, 0.15) is 45.4 Å². The minimum absolute atomic E-state index is 0.245. The monoisotopic (exact) mass is 396 g/mol. The van der Waals surface area contributed by atoms with Crippen LogP contribution >= 0.6 is 0 Å². The van der Waals surface area contributed by atoms with Crippen molar-refractivity contribution in [2.45, 2.75) is 57.1 Å². The number of likely N-dealkylation sites (tertiary alicyclic amines) is 3. The average Bonchev–Trinajstić information content (AvgIpc) is 2.83. The van der Waals surface area contributed by atoms with Crippen LogP contribution in [-0.4, -0.2) is 95.9 Å². The summed E-state index contributed by atoms with van der Waals surface area (Å²) in [5, 5.41) is 11.1. The molecule has 2 atom stereocenters. The molecule has 0 aromatic rings. The van der Waals surface area contributed by atoms with Gasteiger partial charge >= 0.3 is 6.09 Å². The van der Waals surface area contributed by atoms with Crippen molar-refractivity contribution in [2.24, 2.45) is 11.7 Å². The van der Waals surface area contributed by atoms with Gasteiger partial charge in [-0.2, -0.15) is 0 Å². The van der Waals surface area contributed by atoms with Crippen LogP contribution in [0.15, 0.2) is 0 Å². The number of piperidine rings is 2. The van der Waals surface area contributed by atoms with Gasteiger partial charge in [0.25, 0.3) is 0 Å². The van der Waals surface area contributed by atoms with Gasteiger partial charge in [-0.15, -0.1) is 0 Å². The highest BCUT2D eigenvalue weighted by atomic mass is 16.6. The van der Waals surface area contributed by atoms with Gasteiger partial charge in [0, 0.05) is 32.2 Å². The molecule has 160 valence electrons. The largest absolute Gasteiger partial charge is 0.450 e. The lowest BCUT2D eigenvalue weighted by Crippen LogP contribution is -2.57. The minimum Gasteiger partial charge on any atom is -0.450 e. The highest BCUT2D eigenvalue weighted by Crippen LogP contribution is 2.32. The summed E-state index contributed by atoms with van der Waals surface area (Å²) in [5.41, 5.74) is 4.71. The summed E-state index contributed by atoms with van der Waals surface area (Å²) in [6, 6.07) is 0.423. The molecule has 2 amide bonds. The van der Waals surface area contributed by atoms with E-state index in [-0.39, 0.29) is 12.0 Å². The number of carbonyl (C=O) groups is 2. The topological polar surface area (TPSA) is 99.3 Å². The third-order valence-corrected chi connectivity index (χ3v) is 6.61. The van der Waals surface area contributed by atoms with E-state index in [9.17, 15) is 14.7 Å². The molecule has 3 saturated heterocycles.